The molecule has 1 aliphatic rings. The van der Waals surface area contributed by atoms with E-state index in [0.29, 0.717) is 18.1 Å². The van der Waals surface area contributed by atoms with Crippen LogP contribution in [-0.4, -0.2) is 47.8 Å². The van der Waals surface area contributed by atoms with Crippen molar-refractivity contribution in [3.8, 4) is 0 Å². The van der Waals surface area contributed by atoms with E-state index in [1.54, 1.807) is 10.9 Å². The normalized spacial score (nSPS) is 16.0. The second-order valence-corrected chi connectivity index (χ2v) is 6.33. The first-order valence-electron chi connectivity index (χ1n) is 8.51. The molecule has 0 aliphatic carbocycles. The number of nitrogens with one attached hydrogen (secondary N) is 2. The maximum absolute atomic E-state index is 11.7. The maximum atomic E-state index is 11.7. The van der Waals surface area contributed by atoms with Crippen LogP contribution < -0.4 is 16.3 Å². The third-order valence-electron chi connectivity index (χ3n) is 4.82. The highest BCUT2D eigenvalue weighted by Crippen LogP contribution is 2.28. The Kier molecular flexibility index (Phi) is 3.86. The number of nitrogen functional groups attached to an aromatic ring is 1. The van der Waals surface area contributed by atoms with E-state index in [-0.39, 0.29) is 11.6 Å². The Labute approximate surface area is 143 Å². The lowest BCUT2D eigenvalue weighted by molar-refractivity contribution is 0.390. The van der Waals surface area contributed by atoms with Gasteiger partial charge in [0.2, 0.25) is 5.95 Å². The molecule has 0 spiro atoms. The SMILES string of the molecule is CCn1c(CC2CCN(c3nc(N)nc4nc[nH]c34)CC2)n[nH]c1=O. The molecular weight excluding hydrogens is 322 g/mol. The first kappa shape index (κ1) is 15.6. The Morgan fingerprint density at radius 2 is 2.12 bits per heavy atom. The topological polar surface area (TPSA) is 134 Å². The summed E-state index contributed by atoms with van der Waals surface area (Å²) in [6.45, 7) is 4.34. The third kappa shape index (κ3) is 2.83. The number of piperidine rings is 1. The van der Waals surface area contributed by atoms with Crippen molar-refractivity contribution in [3.63, 3.8) is 0 Å². The standard InChI is InChI=1S/C15H21N9O/c1-2-24-10(21-22-15(24)25)7-9-3-5-23(6-4-9)13-11-12(18-8-17-11)19-14(16)20-13/h8-9H,2-7H2,1H3,(H,22,25)(H3,16,17,18,19,20). The molecule has 4 N–H and O–H groups in total. The molecule has 0 radical (unpaired) electrons. The van der Waals surface area contributed by atoms with Crippen molar-refractivity contribution in [3.05, 3.63) is 22.6 Å². The highest BCUT2D eigenvalue weighted by molar-refractivity contribution is 5.84. The van der Waals surface area contributed by atoms with E-state index in [0.717, 1.165) is 49.5 Å². The van der Waals surface area contributed by atoms with Gasteiger partial charge >= 0.3 is 5.69 Å². The first-order chi connectivity index (χ1) is 12.2. The van der Waals surface area contributed by atoms with Gasteiger partial charge in [-0.15, -0.1) is 0 Å². The summed E-state index contributed by atoms with van der Waals surface area (Å²) in [5.74, 6) is 2.38. The number of imidazole rings is 1. The Morgan fingerprint density at radius 3 is 2.88 bits per heavy atom. The van der Waals surface area contributed by atoms with Crippen LogP contribution in [0.3, 0.4) is 0 Å². The summed E-state index contributed by atoms with van der Waals surface area (Å²) in [5.41, 5.74) is 7.09. The predicted octanol–water partition coefficient (Wildman–Crippen LogP) is 0.299. The molecule has 0 unspecified atom stereocenters. The molecule has 1 fully saturated rings. The average molecular weight is 343 g/mol. The van der Waals surface area contributed by atoms with Gasteiger partial charge in [0.05, 0.1) is 6.33 Å². The Morgan fingerprint density at radius 1 is 1.32 bits per heavy atom. The second kappa shape index (κ2) is 6.19. The number of nitrogens with two attached hydrogens (primary N) is 1. The fraction of sp³-hybridized carbons (Fsp3) is 0.533. The van der Waals surface area contributed by atoms with Crippen molar-refractivity contribution in [1.82, 2.24) is 34.7 Å². The van der Waals surface area contributed by atoms with Gasteiger partial charge < -0.3 is 15.6 Å². The number of anilines is 2. The van der Waals surface area contributed by atoms with Gasteiger partial charge in [-0.25, -0.2) is 14.9 Å². The molecule has 0 saturated carbocycles. The molecule has 1 aliphatic heterocycles. The Balaban J connectivity index is 1.47. The van der Waals surface area contributed by atoms with E-state index in [1.165, 1.54) is 0 Å². The summed E-state index contributed by atoms with van der Waals surface area (Å²) >= 11 is 0. The number of H-pyrrole nitrogens is 2. The molecule has 0 bridgehead atoms. The zero-order chi connectivity index (χ0) is 17.4. The van der Waals surface area contributed by atoms with Gasteiger partial charge in [-0.1, -0.05) is 0 Å². The number of hydrogen-bond donors (Lipinski definition) is 3. The fourth-order valence-electron chi connectivity index (χ4n) is 3.50. The molecule has 0 atom stereocenters. The van der Waals surface area contributed by atoms with Crippen LogP contribution in [0.1, 0.15) is 25.6 Å². The molecule has 132 valence electrons. The van der Waals surface area contributed by atoms with Crippen molar-refractivity contribution in [1.29, 1.82) is 0 Å². The van der Waals surface area contributed by atoms with Gasteiger partial charge in [0.25, 0.3) is 0 Å². The van der Waals surface area contributed by atoms with Crippen LogP contribution in [0.2, 0.25) is 0 Å². The van der Waals surface area contributed by atoms with Crippen molar-refractivity contribution in [2.45, 2.75) is 32.7 Å². The number of rotatable bonds is 4. The summed E-state index contributed by atoms with van der Waals surface area (Å²) in [7, 11) is 0. The fourth-order valence-corrected chi connectivity index (χ4v) is 3.50. The molecule has 0 amide bonds. The van der Waals surface area contributed by atoms with Crippen LogP contribution in [0.25, 0.3) is 11.2 Å². The molecule has 1 saturated heterocycles. The summed E-state index contributed by atoms with van der Waals surface area (Å²) < 4.78 is 1.70. The molecule has 4 heterocycles. The average Bonchev–Trinajstić information content (AvgIpc) is 3.21. The molecule has 3 aromatic heterocycles. The van der Waals surface area contributed by atoms with E-state index >= 15 is 0 Å². The monoisotopic (exact) mass is 343 g/mol. The quantitative estimate of drug-likeness (QED) is 0.620. The first-order valence-corrected chi connectivity index (χ1v) is 8.51. The van der Waals surface area contributed by atoms with Crippen LogP contribution in [0.4, 0.5) is 11.8 Å². The molecule has 4 rings (SSSR count). The van der Waals surface area contributed by atoms with Gasteiger partial charge in [-0.3, -0.25) is 4.57 Å². The van der Waals surface area contributed by atoms with Crippen molar-refractivity contribution in [2.75, 3.05) is 23.7 Å². The summed E-state index contributed by atoms with van der Waals surface area (Å²) in [6, 6.07) is 0. The second-order valence-electron chi connectivity index (χ2n) is 6.33. The van der Waals surface area contributed by atoms with E-state index < -0.39 is 0 Å². The van der Waals surface area contributed by atoms with Crippen LogP contribution >= 0.6 is 0 Å². The lowest BCUT2D eigenvalue weighted by Crippen LogP contribution is -2.35. The number of aromatic nitrogens is 7. The van der Waals surface area contributed by atoms with E-state index in [9.17, 15) is 4.79 Å². The van der Waals surface area contributed by atoms with Crippen molar-refractivity contribution < 1.29 is 0 Å². The van der Waals surface area contributed by atoms with E-state index in [1.807, 2.05) is 6.92 Å². The van der Waals surface area contributed by atoms with Gasteiger partial charge in [-0.05, 0) is 25.7 Å². The molecule has 10 nitrogen and oxygen atoms in total. The molecule has 0 aromatic carbocycles. The molecule has 25 heavy (non-hydrogen) atoms. The smallest absolute Gasteiger partial charge is 0.343 e. The van der Waals surface area contributed by atoms with Gasteiger partial charge in [0, 0.05) is 26.1 Å². The van der Waals surface area contributed by atoms with Gasteiger partial charge in [-0.2, -0.15) is 15.1 Å². The minimum absolute atomic E-state index is 0.131. The number of nitrogens with zero attached hydrogens (tertiary/aromatic N) is 6. The van der Waals surface area contributed by atoms with Crippen LogP contribution in [0, 0.1) is 5.92 Å². The summed E-state index contributed by atoms with van der Waals surface area (Å²) in [5, 5.41) is 6.71. The van der Waals surface area contributed by atoms with Gasteiger partial charge in [0.15, 0.2) is 11.5 Å². The van der Waals surface area contributed by atoms with Crippen LogP contribution in [0.15, 0.2) is 11.1 Å². The predicted molar refractivity (Wildman–Crippen MR) is 93.3 cm³/mol. The summed E-state index contributed by atoms with van der Waals surface area (Å²) in [6.07, 6.45) is 4.43. The lowest BCUT2D eigenvalue weighted by Gasteiger charge is -2.32. The highest BCUT2D eigenvalue weighted by atomic mass is 16.1. The zero-order valence-corrected chi connectivity index (χ0v) is 14.1. The van der Waals surface area contributed by atoms with Crippen molar-refractivity contribution in [2.24, 2.45) is 5.92 Å². The lowest BCUT2D eigenvalue weighted by atomic mass is 9.93. The Bertz CT molecular complexity index is 932. The summed E-state index contributed by atoms with van der Waals surface area (Å²) in [4.78, 5) is 29.7. The number of fused-ring (bicyclic) bond motifs is 1. The van der Waals surface area contributed by atoms with Crippen LogP contribution in [-0.2, 0) is 13.0 Å². The van der Waals surface area contributed by atoms with Crippen LogP contribution in [0.5, 0.6) is 0 Å². The minimum Gasteiger partial charge on any atom is -0.368 e. The van der Waals surface area contributed by atoms with Gasteiger partial charge in [0.1, 0.15) is 11.3 Å². The largest absolute Gasteiger partial charge is 0.368 e. The Hall–Kier alpha value is -2.91. The third-order valence-corrected chi connectivity index (χ3v) is 4.82. The zero-order valence-electron chi connectivity index (χ0n) is 14.1. The molecule has 10 heteroatoms. The number of hydrogen-bond acceptors (Lipinski definition) is 7. The van der Waals surface area contributed by atoms with E-state index in [2.05, 4.69) is 35.0 Å². The highest BCUT2D eigenvalue weighted by Gasteiger charge is 2.24. The minimum atomic E-state index is -0.131. The molecular formula is C15H21N9O. The van der Waals surface area contributed by atoms with Crippen molar-refractivity contribution >= 4 is 22.9 Å². The molecule has 3 aromatic rings. The maximum Gasteiger partial charge on any atom is 0.343 e. The number of aromatic amines is 2. The van der Waals surface area contributed by atoms with E-state index in [4.69, 9.17) is 5.73 Å².